The first kappa shape index (κ1) is 15.1. The van der Waals surface area contributed by atoms with Crippen LogP contribution in [0, 0.1) is 0 Å². The maximum absolute atomic E-state index is 10.1. The van der Waals surface area contributed by atoms with Gasteiger partial charge in [-0.2, -0.15) is 0 Å². The van der Waals surface area contributed by atoms with Gasteiger partial charge in [0.2, 0.25) is 0 Å². The highest BCUT2D eigenvalue weighted by molar-refractivity contribution is 6.54. The lowest BCUT2D eigenvalue weighted by Crippen LogP contribution is -2.28. The highest BCUT2D eigenvalue weighted by atomic mass is 16.5. The number of furan rings is 1. The van der Waals surface area contributed by atoms with Crippen molar-refractivity contribution in [1.29, 1.82) is 0 Å². The third-order valence-corrected chi connectivity index (χ3v) is 3.51. The van der Waals surface area contributed by atoms with Crippen LogP contribution >= 0.6 is 0 Å². The summed E-state index contributed by atoms with van der Waals surface area (Å²) in [7, 11) is -0.958. The van der Waals surface area contributed by atoms with Gasteiger partial charge in [0.25, 0.3) is 0 Å². The molecule has 0 unspecified atom stereocenters. The average molecular weight is 276 g/mol. The van der Waals surface area contributed by atoms with Gasteiger partial charge in [-0.3, -0.25) is 0 Å². The van der Waals surface area contributed by atoms with Crippen molar-refractivity contribution in [3.05, 3.63) is 47.4 Å². The molecule has 0 saturated heterocycles. The van der Waals surface area contributed by atoms with Crippen LogP contribution in [0.4, 0.5) is 0 Å². The molecule has 1 aromatic rings. The molecule has 4 nitrogen and oxygen atoms in total. The average Bonchev–Trinajstić information content (AvgIpc) is 2.93. The van der Waals surface area contributed by atoms with Gasteiger partial charge in [0.1, 0.15) is 24.2 Å². The standard InChI is InChI=1S/C15H21BO4/c1-3-4-5-11(2)13-7-9-15(20-16(13)18)14-8-6-12(10-17)19-14/h6-8,15,17-18H,2-5,9-10H2,1H3/t15-/m1/s1. The van der Waals surface area contributed by atoms with E-state index in [0.29, 0.717) is 17.9 Å². The Morgan fingerprint density at radius 3 is 2.90 bits per heavy atom. The number of hydrogen-bond donors (Lipinski definition) is 2. The van der Waals surface area contributed by atoms with E-state index in [4.69, 9.17) is 14.2 Å². The molecule has 2 rings (SSSR count). The van der Waals surface area contributed by atoms with Gasteiger partial charge in [-0.25, -0.2) is 0 Å². The number of rotatable bonds is 6. The van der Waals surface area contributed by atoms with Crippen LogP contribution in [0.2, 0.25) is 0 Å². The van der Waals surface area contributed by atoms with Gasteiger partial charge in [-0.1, -0.05) is 31.6 Å². The molecule has 0 radical (unpaired) electrons. The zero-order valence-electron chi connectivity index (χ0n) is 11.8. The van der Waals surface area contributed by atoms with E-state index in [1.165, 1.54) is 0 Å². The first-order valence-electron chi connectivity index (χ1n) is 7.07. The molecular formula is C15H21BO4. The van der Waals surface area contributed by atoms with Gasteiger partial charge in [-0.05, 0) is 36.9 Å². The van der Waals surface area contributed by atoms with Crippen LogP contribution in [0.15, 0.2) is 40.3 Å². The van der Waals surface area contributed by atoms with Gasteiger partial charge in [0, 0.05) is 0 Å². The summed E-state index contributed by atoms with van der Waals surface area (Å²) in [6.07, 6.45) is 5.33. The van der Waals surface area contributed by atoms with Crippen molar-refractivity contribution in [2.45, 2.75) is 45.3 Å². The Morgan fingerprint density at radius 1 is 1.50 bits per heavy atom. The minimum atomic E-state index is -0.958. The smallest absolute Gasteiger partial charge is 0.461 e. The largest absolute Gasteiger partial charge is 0.491 e. The first-order valence-corrected chi connectivity index (χ1v) is 7.07. The van der Waals surface area contributed by atoms with Gasteiger partial charge in [0.15, 0.2) is 0 Å². The Hall–Kier alpha value is -1.30. The molecule has 0 saturated carbocycles. The number of aliphatic hydroxyl groups excluding tert-OH is 1. The first-order chi connectivity index (χ1) is 9.65. The molecule has 2 heterocycles. The minimum absolute atomic E-state index is 0.135. The summed E-state index contributed by atoms with van der Waals surface area (Å²) < 4.78 is 11.0. The van der Waals surface area contributed by atoms with E-state index in [2.05, 4.69) is 13.5 Å². The second kappa shape index (κ2) is 6.93. The van der Waals surface area contributed by atoms with E-state index in [1.807, 2.05) is 6.08 Å². The number of hydrogen-bond acceptors (Lipinski definition) is 4. The fraction of sp³-hybridized carbons (Fsp3) is 0.467. The van der Waals surface area contributed by atoms with Crippen LogP contribution in [0.5, 0.6) is 0 Å². The van der Waals surface area contributed by atoms with Crippen LogP contribution in [0.1, 0.15) is 50.2 Å². The predicted octanol–water partition coefficient (Wildman–Crippen LogP) is 2.93. The van der Waals surface area contributed by atoms with Crippen LogP contribution in [0.3, 0.4) is 0 Å². The van der Waals surface area contributed by atoms with Crippen LogP contribution in [0.25, 0.3) is 0 Å². The van der Waals surface area contributed by atoms with E-state index < -0.39 is 7.12 Å². The molecule has 0 aliphatic carbocycles. The van der Waals surface area contributed by atoms with E-state index in [1.54, 1.807) is 12.1 Å². The molecule has 0 spiro atoms. The van der Waals surface area contributed by atoms with Crippen LogP contribution in [-0.2, 0) is 11.3 Å². The fourth-order valence-electron chi connectivity index (χ4n) is 2.31. The molecule has 0 aromatic carbocycles. The molecule has 1 aromatic heterocycles. The lowest BCUT2D eigenvalue weighted by Gasteiger charge is -2.25. The monoisotopic (exact) mass is 276 g/mol. The second-order valence-corrected chi connectivity index (χ2v) is 5.04. The number of allylic oxidation sites excluding steroid dienone is 2. The summed E-state index contributed by atoms with van der Waals surface area (Å²) in [4.78, 5) is 0. The van der Waals surface area contributed by atoms with E-state index >= 15 is 0 Å². The molecule has 1 aliphatic heterocycles. The SMILES string of the molecule is C=C(CCCC)C1=CC[C@H](c2ccc(CO)o2)OB1O. The molecule has 20 heavy (non-hydrogen) atoms. The molecule has 0 fully saturated rings. The molecular weight excluding hydrogens is 255 g/mol. The van der Waals surface area contributed by atoms with Gasteiger partial charge >= 0.3 is 7.12 Å². The molecule has 0 amide bonds. The second-order valence-electron chi connectivity index (χ2n) is 5.04. The number of aliphatic hydroxyl groups is 1. The maximum Gasteiger partial charge on any atom is 0.491 e. The van der Waals surface area contributed by atoms with Crippen LogP contribution < -0.4 is 0 Å². The predicted molar refractivity (Wildman–Crippen MR) is 77.8 cm³/mol. The van der Waals surface area contributed by atoms with Gasteiger partial charge in [-0.15, -0.1) is 0 Å². The summed E-state index contributed by atoms with van der Waals surface area (Å²) in [5.41, 5.74) is 1.72. The maximum atomic E-state index is 10.1. The van der Waals surface area contributed by atoms with Crippen LogP contribution in [-0.4, -0.2) is 17.2 Å². The quantitative estimate of drug-likeness (QED) is 0.784. The molecule has 2 N–H and O–H groups in total. The molecule has 1 atom stereocenters. The van der Waals surface area contributed by atoms with E-state index in [9.17, 15) is 5.02 Å². The zero-order valence-corrected chi connectivity index (χ0v) is 11.8. The lowest BCUT2D eigenvalue weighted by atomic mass is 9.70. The fourth-order valence-corrected chi connectivity index (χ4v) is 2.31. The van der Waals surface area contributed by atoms with Crippen molar-refractivity contribution >= 4 is 7.12 Å². The minimum Gasteiger partial charge on any atom is -0.461 e. The van der Waals surface area contributed by atoms with Crippen molar-refractivity contribution in [3.63, 3.8) is 0 Å². The summed E-state index contributed by atoms with van der Waals surface area (Å²) in [5, 5.41) is 19.1. The Kier molecular flexibility index (Phi) is 5.23. The Balaban J connectivity index is 2.02. The van der Waals surface area contributed by atoms with Crippen molar-refractivity contribution < 1.29 is 19.2 Å². The van der Waals surface area contributed by atoms with E-state index in [-0.39, 0.29) is 12.7 Å². The summed E-state index contributed by atoms with van der Waals surface area (Å²) in [5.74, 6) is 1.13. The van der Waals surface area contributed by atoms with Crippen molar-refractivity contribution in [3.8, 4) is 0 Å². The number of unbranched alkanes of at least 4 members (excludes halogenated alkanes) is 1. The third-order valence-electron chi connectivity index (χ3n) is 3.51. The Morgan fingerprint density at radius 2 is 2.30 bits per heavy atom. The summed E-state index contributed by atoms with van der Waals surface area (Å²) in [6.45, 7) is 6.01. The Labute approximate surface area is 119 Å². The van der Waals surface area contributed by atoms with Crippen molar-refractivity contribution in [2.75, 3.05) is 0 Å². The lowest BCUT2D eigenvalue weighted by molar-refractivity contribution is 0.138. The highest BCUT2D eigenvalue weighted by Crippen LogP contribution is 2.32. The molecule has 5 heteroatoms. The zero-order chi connectivity index (χ0) is 14.5. The van der Waals surface area contributed by atoms with E-state index in [0.717, 1.165) is 30.3 Å². The molecule has 1 aliphatic rings. The van der Waals surface area contributed by atoms with Gasteiger partial charge in [0.05, 0.1) is 0 Å². The highest BCUT2D eigenvalue weighted by Gasteiger charge is 2.31. The summed E-state index contributed by atoms with van der Waals surface area (Å²) >= 11 is 0. The Bertz CT molecular complexity index is 492. The van der Waals surface area contributed by atoms with Crippen molar-refractivity contribution in [1.82, 2.24) is 0 Å². The molecule has 0 bridgehead atoms. The van der Waals surface area contributed by atoms with Gasteiger partial charge < -0.3 is 19.2 Å². The normalized spacial score (nSPS) is 19.1. The molecule has 108 valence electrons. The third kappa shape index (κ3) is 3.42. The summed E-state index contributed by atoms with van der Waals surface area (Å²) in [6, 6.07) is 3.48. The van der Waals surface area contributed by atoms with Crippen molar-refractivity contribution in [2.24, 2.45) is 0 Å². The topological polar surface area (TPSA) is 62.8 Å².